The molecule has 1 heterocycles. The summed E-state index contributed by atoms with van der Waals surface area (Å²) >= 11 is 0. The average Bonchev–Trinajstić information content (AvgIpc) is 3.39. The number of fused-ring (bicyclic) bond motifs is 1. The molecule has 0 fully saturated rings. The van der Waals surface area contributed by atoms with Gasteiger partial charge in [-0.1, -0.05) is 48.5 Å². The van der Waals surface area contributed by atoms with Crippen molar-refractivity contribution in [3.05, 3.63) is 89.0 Å². The third-order valence-corrected chi connectivity index (χ3v) is 6.82. The summed E-state index contributed by atoms with van der Waals surface area (Å²) in [6, 6.07) is 20.9. The van der Waals surface area contributed by atoms with Gasteiger partial charge in [-0.3, -0.25) is 4.79 Å². The van der Waals surface area contributed by atoms with E-state index in [1.807, 2.05) is 31.2 Å². The predicted octanol–water partition coefficient (Wildman–Crippen LogP) is 5.09. The average molecular weight is 598 g/mol. The number of benzene rings is 3. The molecule has 0 bridgehead atoms. The van der Waals surface area contributed by atoms with E-state index in [0.717, 1.165) is 29.8 Å². The van der Waals surface area contributed by atoms with E-state index >= 15 is 0 Å². The summed E-state index contributed by atoms with van der Waals surface area (Å²) < 4.78 is 53.4. The maximum absolute atomic E-state index is 12.5. The number of rotatable bonds is 14. The number of carbonyl (C=O) groups excluding carboxylic acids is 1. The molecule has 3 aromatic carbocycles. The van der Waals surface area contributed by atoms with Crippen LogP contribution < -0.4 is 19.7 Å². The van der Waals surface area contributed by atoms with Crippen molar-refractivity contribution in [1.29, 1.82) is 5.26 Å². The van der Waals surface area contributed by atoms with Crippen molar-refractivity contribution in [2.24, 2.45) is 0 Å². The van der Waals surface area contributed by atoms with Gasteiger partial charge < -0.3 is 29.5 Å². The van der Waals surface area contributed by atoms with Crippen molar-refractivity contribution in [3.63, 3.8) is 0 Å². The highest BCUT2D eigenvalue weighted by Gasteiger charge is 2.29. The van der Waals surface area contributed by atoms with Crippen molar-refractivity contribution in [3.8, 4) is 17.6 Å². The Hall–Kier alpha value is -4.27. The first-order chi connectivity index (χ1) is 20.6. The van der Waals surface area contributed by atoms with Gasteiger partial charge in [-0.05, 0) is 55.5 Å². The van der Waals surface area contributed by atoms with Crippen LogP contribution in [0.4, 0.5) is 18.9 Å². The zero-order valence-electron chi connectivity index (χ0n) is 23.8. The van der Waals surface area contributed by atoms with Gasteiger partial charge in [0.25, 0.3) is 5.91 Å². The molecule has 0 spiro atoms. The van der Waals surface area contributed by atoms with Crippen LogP contribution in [-0.4, -0.2) is 56.1 Å². The molecule has 1 amide bonds. The van der Waals surface area contributed by atoms with Gasteiger partial charge in [-0.2, -0.15) is 18.4 Å². The summed E-state index contributed by atoms with van der Waals surface area (Å²) in [6.45, 7) is 1.78. The minimum atomic E-state index is -4.50. The summed E-state index contributed by atoms with van der Waals surface area (Å²) in [7, 11) is 0. The molecule has 2 atom stereocenters. The van der Waals surface area contributed by atoms with Crippen LogP contribution in [0.5, 0.6) is 11.5 Å². The molecular weight excluding hydrogens is 563 g/mol. The fourth-order valence-corrected chi connectivity index (χ4v) is 5.00. The molecular formula is C32H34F3N3O5. The monoisotopic (exact) mass is 597 g/mol. The van der Waals surface area contributed by atoms with Crippen molar-refractivity contribution < 1.29 is 37.3 Å². The first-order valence-electron chi connectivity index (χ1n) is 14.0. The van der Waals surface area contributed by atoms with Gasteiger partial charge in [0.2, 0.25) is 0 Å². The van der Waals surface area contributed by atoms with Crippen LogP contribution in [0.2, 0.25) is 0 Å². The summed E-state index contributed by atoms with van der Waals surface area (Å²) in [4.78, 5) is 14.7. The molecule has 8 nitrogen and oxygen atoms in total. The minimum Gasteiger partial charge on any atom is -0.480 e. The number of para-hydroxylation sites is 2. The van der Waals surface area contributed by atoms with Crippen LogP contribution in [-0.2, 0) is 22.4 Å². The van der Waals surface area contributed by atoms with Gasteiger partial charge in [0, 0.05) is 24.7 Å². The Morgan fingerprint density at radius 1 is 1.09 bits per heavy atom. The second-order valence-corrected chi connectivity index (χ2v) is 10.3. The number of ether oxygens (including phenoxy) is 3. The van der Waals surface area contributed by atoms with E-state index in [1.165, 1.54) is 18.2 Å². The number of hydrogen-bond acceptors (Lipinski definition) is 7. The van der Waals surface area contributed by atoms with Gasteiger partial charge >= 0.3 is 6.18 Å². The first kappa shape index (κ1) is 31.7. The molecule has 43 heavy (non-hydrogen) atoms. The molecule has 1 unspecified atom stereocenters. The molecule has 11 heteroatoms. The Balaban J connectivity index is 1.26. The van der Waals surface area contributed by atoms with Crippen LogP contribution in [0, 0.1) is 11.3 Å². The zero-order chi connectivity index (χ0) is 30.8. The molecule has 1 aliphatic heterocycles. The summed E-state index contributed by atoms with van der Waals surface area (Å²) in [5.74, 6) is -0.505. The van der Waals surface area contributed by atoms with Crippen molar-refractivity contribution in [2.75, 3.05) is 37.8 Å². The molecule has 3 aromatic rings. The van der Waals surface area contributed by atoms with Crippen molar-refractivity contribution >= 4 is 11.6 Å². The molecule has 4 rings (SSSR count). The number of anilines is 1. The maximum atomic E-state index is 12.5. The number of hydrogen-bond donors (Lipinski definition) is 2. The van der Waals surface area contributed by atoms with Crippen molar-refractivity contribution in [1.82, 2.24) is 5.32 Å². The smallest absolute Gasteiger partial charge is 0.422 e. The topological polar surface area (TPSA) is 104 Å². The van der Waals surface area contributed by atoms with E-state index < -0.39 is 31.6 Å². The highest BCUT2D eigenvalue weighted by molar-refractivity contribution is 5.78. The highest BCUT2D eigenvalue weighted by atomic mass is 19.4. The largest absolute Gasteiger partial charge is 0.480 e. The normalized spacial score (nSPS) is 14.0. The fraction of sp³-hybridized carbons (Fsp3) is 0.375. The maximum Gasteiger partial charge on any atom is 0.422 e. The Morgan fingerprint density at radius 2 is 1.79 bits per heavy atom. The van der Waals surface area contributed by atoms with E-state index in [9.17, 15) is 28.3 Å². The van der Waals surface area contributed by atoms with Gasteiger partial charge in [0.05, 0.1) is 17.9 Å². The van der Waals surface area contributed by atoms with E-state index in [1.54, 1.807) is 18.2 Å². The van der Waals surface area contributed by atoms with E-state index in [4.69, 9.17) is 14.2 Å². The Kier molecular flexibility index (Phi) is 10.9. The highest BCUT2D eigenvalue weighted by Crippen LogP contribution is 2.33. The van der Waals surface area contributed by atoms with E-state index in [0.29, 0.717) is 37.1 Å². The summed E-state index contributed by atoms with van der Waals surface area (Å²) in [5.41, 5.74) is 4.15. The number of aliphatic hydroxyl groups excluding tert-OH is 1. The Bertz CT molecular complexity index is 1410. The molecule has 0 aromatic heterocycles. The fourth-order valence-electron chi connectivity index (χ4n) is 5.00. The first-order valence-corrected chi connectivity index (χ1v) is 14.0. The number of nitriles is 1. The summed E-state index contributed by atoms with van der Waals surface area (Å²) in [6.07, 6.45) is -3.53. The lowest BCUT2D eigenvalue weighted by molar-refractivity contribution is -0.153. The number of alkyl halides is 3. The van der Waals surface area contributed by atoms with Crippen LogP contribution in [0.25, 0.3) is 0 Å². The number of nitrogens with zero attached hydrogens (tertiary/aromatic N) is 2. The Labute approximate surface area is 248 Å². The second-order valence-electron chi connectivity index (χ2n) is 10.3. The SMILES string of the molecule is C[C@H](Cc1cc(C#N)c2c(c1)CCN2CCCOC(O)c1ccccc1)NC(=O)COc1ccccc1OCC(F)(F)F. The molecule has 0 saturated heterocycles. The lowest BCUT2D eigenvalue weighted by Crippen LogP contribution is -2.37. The number of halogens is 3. The predicted molar refractivity (Wildman–Crippen MR) is 154 cm³/mol. The Morgan fingerprint density at radius 3 is 2.49 bits per heavy atom. The third kappa shape index (κ3) is 9.36. The van der Waals surface area contributed by atoms with Crippen LogP contribution >= 0.6 is 0 Å². The lowest BCUT2D eigenvalue weighted by atomic mass is 9.99. The third-order valence-electron chi connectivity index (χ3n) is 6.82. The molecule has 0 saturated carbocycles. The molecule has 0 radical (unpaired) electrons. The number of nitrogens with one attached hydrogen (secondary N) is 1. The lowest BCUT2D eigenvalue weighted by Gasteiger charge is -2.22. The van der Waals surface area contributed by atoms with Gasteiger partial charge in [0.15, 0.2) is 31.0 Å². The van der Waals surface area contributed by atoms with E-state index in [2.05, 4.69) is 22.4 Å². The van der Waals surface area contributed by atoms with Crippen molar-refractivity contribution in [2.45, 2.75) is 44.7 Å². The standard InChI is InChI=1S/C32H34F3N3O5/c1-22(37-29(39)20-42-27-10-5-6-11-28(27)43-21-32(33,34)35)16-23-17-25-12-14-38(30(25)26(18-23)19-36)13-7-15-41-31(40)24-8-3-2-4-9-24/h2-6,8-11,17-18,22,31,40H,7,12-16,20-21H2,1H3,(H,37,39)/t22-,31?/m1/s1. The van der Waals surface area contributed by atoms with Crippen LogP contribution in [0.3, 0.4) is 0 Å². The number of amides is 1. The molecule has 2 N–H and O–H groups in total. The molecule has 1 aliphatic rings. The quantitative estimate of drug-likeness (QED) is 0.197. The van der Waals surface area contributed by atoms with Crippen LogP contribution in [0.1, 0.15) is 41.9 Å². The van der Waals surface area contributed by atoms with Gasteiger partial charge in [0.1, 0.15) is 6.07 Å². The van der Waals surface area contributed by atoms with Gasteiger partial charge in [-0.25, -0.2) is 0 Å². The minimum absolute atomic E-state index is 0.0373. The molecule has 0 aliphatic carbocycles. The van der Waals surface area contributed by atoms with E-state index in [-0.39, 0.29) is 17.5 Å². The molecule has 228 valence electrons. The van der Waals surface area contributed by atoms with Gasteiger partial charge in [-0.15, -0.1) is 0 Å². The summed E-state index contributed by atoms with van der Waals surface area (Å²) in [5, 5.41) is 22.9. The zero-order valence-corrected chi connectivity index (χ0v) is 23.8. The van der Waals surface area contributed by atoms with Crippen LogP contribution in [0.15, 0.2) is 66.7 Å². The number of carbonyl (C=O) groups is 1. The number of aliphatic hydroxyl groups is 1. The second kappa shape index (κ2) is 14.8.